The van der Waals surface area contributed by atoms with E-state index in [9.17, 15) is 0 Å². The van der Waals surface area contributed by atoms with Gasteiger partial charge in [-0.3, -0.25) is 0 Å². The minimum absolute atomic E-state index is 0.966. The van der Waals surface area contributed by atoms with Crippen molar-refractivity contribution in [1.82, 2.24) is 9.97 Å². The second kappa shape index (κ2) is 9.14. The number of nitrogens with zero attached hydrogens (tertiary/aromatic N) is 2. The fourth-order valence-electron chi connectivity index (χ4n) is 5.69. The van der Waals surface area contributed by atoms with Crippen LogP contribution in [0.3, 0.4) is 0 Å². The van der Waals surface area contributed by atoms with E-state index in [1.54, 1.807) is 0 Å². The van der Waals surface area contributed by atoms with Gasteiger partial charge in [0.1, 0.15) is 0 Å². The van der Waals surface area contributed by atoms with E-state index in [1.165, 1.54) is 27.3 Å². The zero-order chi connectivity index (χ0) is 26.5. The number of benzene rings is 6. The van der Waals surface area contributed by atoms with Crippen LogP contribution in [0.1, 0.15) is 0 Å². The molecular formula is C38H24N2. The number of hydrogen-bond acceptors (Lipinski definition) is 2. The monoisotopic (exact) mass is 508 g/mol. The van der Waals surface area contributed by atoms with E-state index in [0.717, 1.165) is 49.7 Å². The third-order valence-corrected chi connectivity index (χ3v) is 7.80. The Hall–Kier alpha value is -5.34. The van der Waals surface area contributed by atoms with Crippen LogP contribution in [0.4, 0.5) is 0 Å². The minimum atomic E-state index is 0.966. The number of hydrogen-bond donors (Lipinski definition) is 0. The van der Waals surface area contributed by atoms with Crippen molar-refractivity contribution >= 4 is 43.4 Å². The summed E-state index contributed by atoms with van der Waals surface area (Å²) in [7, 11) is 0. The maximum absolute atomic E-state index is 5.21. The van der Waals surface area contributed by atoms with Gasteiger partial charge in [-0.1, -0.05) is 109 Å². The van der Waals surface area contributed by atoms with Crippen molar-refractivity contribution in [2.24, 2.45) is 0 Å². The fourth-order valence-corrected chi connectivity index (χ4v) is 5.69. The van der Waals surface area contributed by atoms with Gasteiger partial charge in [-0.15, -0.1) is 0 Å². The van der Waals surface area contributed by atoms with Crippen LogP contribution in [0.15, 0.2) is 146 Å². The number of rotatable bonds is 3. The van der Waals surface area contributed by atoms with Crippen LogP contribution in [0.25, 0.3) is 77.0 Å². The highest BCUT2D eigenvalue weighted by atomic mass is 14.7. The standard InChI is InChI=1S/C38H24N2/c1-2-7-25(8-3-1)28-11-6-12-31(21-28)36-19-17-27-15-13-26-14-16-33(23-34(26)38(27)40-36)35-20-18-32-22-29-9-4-5-10-30(29)24-37(32)39-35/h1-24H. The number of fused-ring (bicyclic) bond motifs is 5. The molecule has 0 saturated heterocycles. The highest BCUT2D eigenvalue weighted by molar-refractivity contribution is 6.07. The largest absolute Gasteiger partial charge is 0.248 e. The average Bonchev–Trinajstić information content (AvgIpc) is 3.03. The van der Waals surface area contributed by atoms with Crippen molar-refractivity contribution < 1.29 is 0 Å². The van der Waals surface area contributed by atoms with Gasteiger partial charge < -0.3 is 0 Å². The first kappa shape index (κ1) is 22.6. The third kappa shape index (κ3) is 3.90. The molecule has 0 aliphatic heterocycles. The van der Waals surface area contributed by atoms with Crippen molar-refractivity contribution in [2.75, 3.05) is 0 Å². The summed E-state index contributed by atoms with van der Waals surface area (Å²) in [4.78, 5) is 10.3. The lowest BCUT2D eigenvalue weighted by Gasteiger charge is -2.10. The van der Waals surface area contributed by atoms with Crippen LogP contribution in [0.5, 0.6) is 0 Å². The number of pyridine rings is 2. The molecule has 2 aromatic heterocycles. The highest BCUT2D eigenvalue weighted by Gasteiger charge is 2.10. The van der Waals surface area contributed by atoms with Crippen LogP contribution < -0.4 is 0 Å². The topological polar surface area (TPSA) is 25.8 Å². The summed E-state index contributed by atoms with van der Waals surface area (Å²) < 4.78 is 0. The normalized spacial score (nSPS) is 11.5. The summed E-state index contributed by atoms with van der Waals surface area (Å²) in [6, 6.07) is 51.5. The molecule has 2 heterocycles. The maximum Gasteiger partial charge on any atom is 0.0788 e. The van der Waals surface area contributed by atoms with Crippen LogP contribution in [-0.2, 0) is 0 Å². The molecule has 0 fully saturated rings. The lowest BCUT2D eigenvalue weighted by molar-refractivity contribution is 1.40. The van der Waals surface area contributed by atoms with Gasteiger partial charge in [0.25, 0.3) is 0 Å². The molecule has 0 spiro atoms. The Morgan fingerprint density at radius 3 is 1.82 bits per heavy atom. The maximum atomic E-state index is 5.21. The molecule has 8 aromatic rings. The van der Waals surface area contributed by atoms with Crippen molar-refractivity contribution in [3.8, 4) is 33.6 Å². The molecule has 8 rings (SSSR count). The van der Waals surface area contributed by atoms with Gasteiger partial charge in [0, 0.05) is 27.3 Å². The van der Waals surface area contributed by atoms with Gasteiger partial charge in [-0.2, -0.15) is 0 Å². The van der Waals surface area contributed by atoms with E-state index < -0.39 is 0 Å². The molecule has 6 aromatic carbocycles. The van der Waals surface area contributed by atoms with Crippen LogP contribution in [-0.4, -0.2) is 9.97 Å². The predicted octanol–water partition coefficient (Wildman–Crippen LogP) is 10.1. The molecule has 0 radical (unpaired) electrons. The lowest BCUT2D eigenvalue weighted by Crippen LogP contribution is -1.90. The van der Waals surface area contributed by atoms with Crippen LogP contribution in [0, 0.1) is 0 Å². The van der Waals surface area contributed by atoms with Crippen molar-refractivity contribution in [1.29, 1.82) is 0 Å². The van der Waals surface area contributed by atoms with Crippen LogP contribution >= 0.6 is 0 Å². The summed E-state index contributed by atoms with van der Waals surface area (Å²) >= 11 is 0. The Bertz CT molecular complexity index is 2210. The zero-order valence-corrected chi connectivity index (χ0v) is 21.8. The Kier molecular flexibility index (Phi) is 5.17. The molecular weight excluding hydrogens is 484 g/mol. The molecule has 0 saturated carbocycles. The van der Waals surface area contributed by atoms with Crippen molar-refractivity contribution in [3.05, 3.63) is 146 Å². The molecule has 0 N–H and O–H groups in total. The first-order valence-electron chi connectivity index (χ1n) is 13.6. The second-order valence-corrected chi connectivity index (χ2v) is 10.3. The molecule has 0 aliphatic rings. The van der Waals surface area contributed by atoms with E-state index in [-0.39, 0.29) is 0 Å². The van der Waals surface area contributed by atoms with Gasteiger partial charge >= 0.3 is 0 Å². The lowest BCUT2D eigenvalue weighted by atomic mass is 9.99. The minimum Gasteiger partial charge on any atom is -0.248 e. The molecule has 0 amide bonds. The molecule has 0 atom stereocenters. The quantitative estimate of drug-likeness (QED) is 0.175. The first-order chi connectivity index (χ1) is 19.8. The molecule has 2 heteroatoms. The molecule has 0 unspecified atom stereocenters. The zero-order valence-electron chi connectivity index (χ0n) is 21.8. The fraction of sp³-hybridized carbons (Fsp3) is 0. The summed E-state index contributed by atoms with van der Waals surface area (Å²) in [5, 5.41) is 7.03. The van der Waals surface area contributed by atoms with Gasteiger partial charge in [0.2, 0.25) is 0 Å². The summed E-state index contributed by atoms with van der Waals surface area (Å²) in [6.07, 6.45) is 0. The summed E-state index contributed by atoms with van der Waals surface area (Å²) in [6.45, 7) is 0. The predicted molar refractivity (Wildman–Crippen MR) is 168 cm³/mol. The van der Waals surface area contributed by atoms with E-state index in [0.29, 0.717) is 0 Å². The van der Waals surface area contributed by atoms with E-state index in [4.69, 9.17) is 9.97 Å². The van der Waals surface area contributed by atoms with E-state index in [2.05, 4.69) is 140 Å². The SMILES string of the molecule is c1ccc(-c2cccc(-c3ccc4ccc5ccc(-c6ccc7cc8ccccc8cc7n6)cc5c4n3)c2)cc1. The molecule has 2 nitrogen and oxygen atoms in total. The van der Waals surface area contributed by atoms with Gasteiger partial charge in [0.15, 0.2) is 0 Å². The van der Waals surface area contributed by atoms with E-state index >= 15 is 0 Å². The first-order valence-corrected chi connectivity index (χ1v) is 13.6. The third-order valence-electron chi connectivity index (χ3n) is 7.80. The summed E-state index contributed by atoms with van der Waals surface area (Å²) in [5.41, 5.74) is 8.55. The Labute approximate surface area is 232 Å². The molecule has 0 aliphatic carbocycles. The summed E-state index contributed by atoms with van der Waals surface area (Å²) in [5.74, 6) is 0. The van der Waals surface area contributed by atoms with Crippen molar-refractivity contribution in [2.45, 2.75) is 0 Å². The van der Waals surface area contributed by atoms with Crippen LogP contribution in [0.2, 0.25) is 0 Å². The average molecular weight is 509 g/mol. The Morgan fingerprint density at radius 1 is 0.325 bits per heavy atom. The molecule has 40 heavy (non-hydrogen) atoms. The van der Waals surface area contributed by atoms with Crippen molar-refractivity contribution in [3.63, 3.8) is 0 Å². The highest BCUT2D eigenvalue weighted by Crippen LogP contribution is 2.32. The number of aromatic nitrogens is 2. The second-order valence-electron chi connectivity index (χ2n) is 10.3. The Morgan fingerprint density at radius 2 is 0.950 bits per heavy atom. The van der Waals surface area contributed by atoms with E-state index in [1.807, 2.05) is 6.07 Å². The van der Waals surface area contributed by atoms with Gasteiger partial charge in [-0.25, -0.2) is 9.97 Å². The van der Waals surface area contributed by atoms with Gasteiger partial charge in [-0.05, 0) is 63.7 Å². The van der Waals surface area contributed by atoms with Gasteiger partial charge in [0.05, 0.1) is 22.4 Å². The Balaban J connectivity index is 1.26. The molecule has 0 bridgehead atoms. The molecule has 186 valence electrons. The smallest absolute Gasteiger partial charge is 0.0788 e.